The van der Waals surface area contributed by atoms with E-state index in [-0.39, 0.29) is 26.3 Å². The summed E-state index contributed by atoms with van der Waals surface area (Å²) in [6.45, 7) is 2.62. The number of nitrogens with zero attached hydrogens (tertiary/aromatic N) is 2. The summed E-state index contributed by atoms with van der Waals surface area (Å²) in [5, 5.41) is 7.04. The number of ether oxygens (including phenoxy) is 1. The third kappa shape index (κ3) is 4.35. The fraction of sp³-hybridized carbons (Fsp3) is 0.250. The minimum Gasteiger partial charge on any atom is -0.452 e. The van der Waals surface area contributed by atoms with Gasteiger partial charge in [-0.05, 0) is 31.5 Å². The Morgan fingerprint density at radius 1 is 1.15 bits per heavy atom. The monoisotopic (exact) mass is 417 g/mol. The molecular formula is C16H14Cl3N3O4. The zero-order chi connectivity index (χ0) is 19.6. The standard InChI is InChI=1S/C16H14Cl3N3O4/c1-7-8(2)21-22(3)15(24)14(7)16(25)26-6-13(23)20-12-5-10(18)9(17)4-11(12)19/h4-5H,6H2,1-3H3,(H,20,23). The predicted molar refractivity (Wildman–Crippen MR) is 99.3 cm³/mol. The van der Waals surface area contributed by atoms with E-state index in [2.05, 4.69) is 10.4 Å². The van der Waals surface area contributed by atoms with Crippen molar-refractivity contribution in [1.82, 2.24) is 9.78 Å². The Morgan fingerprint density at radius 2 is 1.77 bits per heavy atom. The summed E-state index contributed by atoms with van der Waals surface area (Å²) in [6, 6.07) is 2.75. The average Bonchev–Trinajstić information content (AvgIpc) is 2.56. The first-order valence-corrected chi connectivity index (χ1v) is 8.41. The third-order valence-corrected chi connectivity index (χ3v) is 4.58. The number of hydrogen-bond acceptors (Lipinski definition) is 5. The van der Waals surface area contributed by atoms with Gasteiger partial charge >= 0.3 is 5.97 Å². The number of amides is 1. The van der Waals surface area contributed by atoms with E-state index >= 15 is 0 Å². The van der Waals surface area contributed by atoms with E-state index in [1.165, 1.54) is 19.2 Å². The van der Waals surface area contributed by atoms with Gasteiger partial charge in [-0.15, -0.1) is 0 Å². The Labute approximate surface area is 163 Å². The van der Waals surface area contributed by atoms with Crippen molar-refractivity contribution >= 4 is 52.4 Å². The summed E-state index contributed by atoms with van der Waals surface area (Å²) >= 11 is 17.6. The van der Waals surface area contributed by atoms with Crippen molar-refractivity contribution in [3.63, 3.8) is 0 Å². The molecule has 0 aliphatic carbocycles. The van der Waals surface area contributed by atoms with Crippen molar-refractivity contribution in [2.24, 2.45) is 7.05 Å². The molecule has 0 unspecified atom stereocenters. The van der Waals surface area contributed by atoms with E-state index < -0.39 is 24.0 Å². The number of nitrogens with one attached hydrogen (secondary N) is 1. The normalized spacial score (nSPS) is 10.5. The number of anilines is 1. The molecule has 1 N–H and O–H groups in total. The molecule has 2 rings (SSSR count). The number of benzene rings is 1. The zero-order valence-electron chi connectivity index (χ0n) is 14.0. The summed E-state index contributed by atoms with van der Waals surface area (Å²) in [5.74, 6) is -1.57. The van der Waals surface area contributed by atoms with Gasteiger partial charge in [0.05, 0.1) is 26.4 Å². The van der Waals surface area contributed by atoms with Gasteiger partial charge < -0.3 is 10.1 Å². The molecule has 138 valence electrons. The number of hydrogen-bond donors (Lipinski definition) is 1. The van der Waals surface area contributed by atoms with E-state index in [9.17, 15) is 14.4 Å². The first kappa shape index (κ1) is 20.2. The highest BCUT2D eigenvalue weighted by Gasteiger charge is 2.20. The van der Waals surface area contributed by atoms with Crippen molar-refractivity contribution < 1.29 is 14.3 Å². The average molecular weight is 419 g/mol. The van der Waals surface area contributed by atoms with Crippen LogP contribution in [0.25, 0.3) is 0 Å². The maximum absolute atomic E-state index is 12.2. The van der Waals surface area contributed by atoms with E-state index in [0.29, 0.717) is 11.3 Å². The van der Waals surface area contributed by atoms with Crippen molar-refractivity contribution in [2.45, 2.75) is 13.8 Å². The second kappa shape index (κ2) is 8.07. The SMILES string of the molecule is Cc1nn(C)c(=O)c(C(=O)OCC(=O)Nc2cc(Cl)c(Cl)cc2Cl)c1C. The Kier molecular flexibility index (Phi) is 6.28. The highest BCUT2D eigenvalue weighted by Crippen LogP contribution is 2.32. The van der Waals surface area contributed by atoms with Crippen LogP contribution in [0.2, 0.25) is 15.1 Å². The minimum atomic E-state index is -0.913. The largest absolute Gasteiger partial charge is 0.452 e. The van der Waals surface area contributed by atoms with Crippen LogP contribution in [0.1, 0.15) is 21.6 Å². The lowest BCUT2D eigenvalue weighted by Crippen LogP contribution is -2.31. The van der Waals surface area contributed by atoms with E-state index in [1.807, 2.05) is 0 Å². The lowest BCUT2D eigenvalue weighted by Gasteiger charge is -2.11. The van der Waals surface area contributed by atoms with Crippen LogP contribution in [-0.4, -0.2) is 28.3 Å². The second-order valence-electron chi connectivity index (χ2n) is 5.38. The van der Waals surface area contributed by atoms with E-state index in [4.69, 9.17) is 39.5 Å². The Bertz CT molecular complexity index is 957. The topological polar surface area (TPSA) is 90.3 Å². The fourth-order valence-corrected chi connectivity index (χ4v) is 2.69. The maximum atomic E-state index is 12.2. The van der Waals surface area contributed by atoms with Gasteiger partial charge in [0.1, 0.15) is 5.56 Å². The van der Waals surface area contributed by atoms with Crippen molar-refractivity contribution in [1.29, 1.82) is 0 Å². The summed E-state index contributed by atoms with van der Waals surface area (Å²) in [5.41, 5.74) is 0.345. The zero-order valence-corrected chi connectivity index (χ0v) is 16.3. The highest BCUT2D eigenvalue weighted by molar-refractivity contribution is 6.44. The molecule has 1 amide bonds. The van der Waals surface area contributed by atoms with Crippen LogP contribution < -0.4 is 10.9 Å². The van der Waals surface area contributed by atoms with Crippen molar-refractivity contribution in [3.8, 4) is 0 Å². The Hall–Kier alpha value is -2.09. The molecule has 0 radical (unpaired) electrons. The number of aryl methyl sites for hydroxylation is 2. The van der Waals surface area contributed by atoms with Gasteiger partial charge in [0.2, 0.25) is 0 Å². The summed E-state index contributed by atoms with van der Waals surface area (Å²) < 4.78 is 5.97. The van der Waals surface area contributed by atoms with Crippen molar-refractivity contribution in [2.75, 3.05) is 11.9 Å². The summed E-state index contributed by atoms with van der Waals surface area (Å²) in [7, 11) is 1.42. The molecule has 1 aromatic carbocycles. The molecule has 0 fully saturated rings. The fourth-order valence-electron chi connectivity index (χ4n) is 2.10. The quantitative estimate of drug-likeness (QED) is 0.608. The van der Waals surface area contributed by atoms with Gasteiger partial charge in [-0.25, -0.2) is 9.48 Å². The van der Waals surface area contributed by atoms with Crippen LogP contribution in [0.4, 0.5) is 5.69 Å². The first-order chi connectivity index (χ1) is 12.1. The second-order valence-corrected chi connectivity index (χ2v) is 6.61. The van der Waals surface area contributed by atoms with E-state index in [0.717, 1.165) is 4.68 Å². The molecule has 0 atom stereocenters. The number of aromatic nitrogens is 2. The number of esters is 1. The molecule has 2 aromatic rings. The van der Waals surface area contributed by atoms with E-state index in [1.54, 1.807) is 13.8 Å². The number of carbonyl (C=O) groups excluding carboxylic acids is 2. The summed E-state index contributed by atoms with van der Waals surface area (Å²) in [4.78, 5) is 36.3. The molecule has 0 spiro atoms. The molecule has 0 saturated carbocycles. The minimum absolute atomic E-state index is 0.166. The number of rotatable bonds is 4. The lowest BCUT2D eigenvalue weighted by molar-refractivity contribution is -0.119. The van der Waals surface area contributed by atoms with Gasteiger partial charge in [-0.2, -0.15) is 5.10 Å². The van der Waals surface area contributed by atoms with Crippen LogP contribution in [-0.2, 0) is 16.6 Å². The highest BCUT2D eigenvalue weighted by atomic mass is 35.5. The molecule has 0 aliphatic heterocycles. The van der Waals surface area contributed by atoms with Crippen molar-refractivity contribution in [3.05, 3.63) is 54.4 Å². The van der Waals surface area contributed by atoms with Crippen LogP contribution in [0, 0.1) is 13.8 Å². The number of carbonyl (C=O) groups is 2. The molecule has 1 heterocycles. The smallest absolute Gasteiger partial charge is 0.344 e. The molecule has 1 aromatic heterocycles. The first-order valence-electron chi connectivity index (χ1n) is 7.27. The lowest BCUT2D eigenvalue weighted by atomic mass is 10.1. The van der Waals surface area contributed by atoms with Gasteiger partial charge in [-0.3, -0.25) is 9.59 Å². The molecular weight excluding hydrogens is 405 g/mol. The van der Waals surface area contributed by atoms with Crippen LogP contribution >= 0.6 is 34.8 Å². The number of halogens is 3. The van der Waals surface area contributed by atoms with Gasteiger partial charge in [0, 0.05) is 7.05 Å². The molecule has 10 heteroatoms. The van der Waals surface area contributed by atoms with Crippen LogP contribution in [0.15, 0.2) is 16.9 Å². The van der Waals surface area contributed by atoms with Crippen LogP contribution in [0.3, 0.4) is 0 Å². The molecule has 0 saturated heterocycles. The summed E-state index contributed by atoms with van der Waals surface area (Å²) in [6.07, 6.45) is 0. The third-order valence-electron chi connectivity index (χ3n) is 3.55. The molecule has 7 nitrogen and oxygen atoms in total. The molecule has 26 heavy (non-hydrogen) atoms. The van der Waals surface area contributed by atoms with Crippen LogP contribution in [0.5, 0.6) is 0 Å². The maximum Gasteiger partial charge on any atom is 0.344 e. The molecule has 0 bridgehead atoms. The molecule has 0 aliphatic rings. The van der Waals surface area contributed by atoms with Gasteiger partial charge in [0.15, 0.2) is 6.61 Å². The van der Waals surface area contributed by atoms with Gasteiger partial charge in [-0.1, -0.05) is 34.8 Å². The van der Waals surface area contributed by atoms with Gasteiger partial charge in [0.25, 0.3) is 11.5 Å². The Balaban J connectivity index is 2.10. The Morgan fingerprint density at radius 3 is 2.42 bits per heavy atom. The predicted octanol–water partition coefficient (Wildman–Crippen LogP) is 3.15.